The number of carbonyl (C=O) groups excluding carboxylic acids is 1. The number of rotatable bonds is 10. The molecule has 10 heterocycles. The molecular formula is C61H53Br2F3N18O. The van der Waals surface area contributed by atoms with E-state index in [9.17, 15) is 18.0 Å². The van der Waals surface area contributed by atoms with E-state index in [1.165, 1.54) is 62.5 Å². The summed E-state index contributed by atoms with van der Waals surface area (Å²) in [5.41, 5.74) is 19.2. The molecule has 4 aliphatic carbocycles. The predicted octanol–water partition coefficient (Wildman–Crippen LogP) is 12.6. The normalized spacial score (nSPS) is 14.5. The third-order valence-electron chi connectivity index (χ3n) is 14.0. The number of carbonyl (C=O) groups is 1. The maximum Gasteiger partial charge on any atom is 0.433 e. The second-order valence-corrected chi connectivity index (χ2v) is 22.8. The van der Waals surface area contributed by atoms with Gasteiger partial charge in [-0.1, -0.05) is 66.7 Å². The molecular weight excluding hydrogens is 1220 g/mol. The molecule has 24 heteroatoms. The van der Waals surface area contributed by atoms with Crippen molar-refractivity contribution in [2.45, 2.75) is 87.6 Å². The molecule has 10 aromatic heterocycles. The van der Waals surface area contributed by atoms with Gasteiger partial charge >= 0.3 is 6.18 Å². The molecule has 2 aromatic carbocycles. The Hall–Kier alpha value is -9.16. The lowest BCUT2D eigenvalue weighted by Gasteiger charge is -2.07. The number of pyridine rings is 1. The van der Waals surface area contributed by atoms with Crippen molar-refractivity contribution >= 4 is 83.8 Å². The molecule has 0 bridgehead atoms. The number of fused-ring (bicyclic) bond motifs is 4. The molecule has 0 amide bonds. The molecule has 4 aliphatic rings. The van der Waals surface area contributed by atoms with Crippen molar-refractivity contribution in [1.29, 1.82) is 0 Å². The zero-order valence-corrected chi connectivity index (χ0v) is 48.5. The van der Waals surface area contributed by atoms with Crippen molar-refractivity contribution < 1.29 is 18.0 Å². The summed E-state index contributed by atoms with van der Waals surface area (Å²) in [6, 6.07) is 23.8. The number of nitrogens with two attached hydrogens (primary N) is 2. The second-order valence-electron chi connectivity index (χ2n) is 21.0. The summed E-state index contributed by atoms with van der Waals surface area (Å²) >= 11 is 6.55. The molecule has 4 N–H and O–H groups in total. The van der Waals surface area contributed by atoms with Crippen molar-refractivity contribution in [3.05, 3.63) is 225 Å². The van der Waals surface area contributed by atoms with Crippen LogP contribution in [0.1, 0.15) is 131 Å². The summed E-state index contributed by atoms with van der Waals surface area (Å²) < 4.78 is 47.6. The van der Waals surface area contributed by atoms with Crippen LogP contribution in [-0.2, 0) is 12.6 Å². The Bertz CT molecular complexity index is 4190. The van der Waals surface area contributed by atoms with Crippen LogP contribution in [0.5, 0.6) is 0 Å². The molecule has 0 spiro atoms. The van der Waals surface area contributed by atoms with Crippen LogP contribution in [-0.4, -0.2) is 83.9 Å². The van der Waals surface area contributed by atoms with E-state index in [0.717, 1.165) is 84.8 Å². The van der Waals surface area contributed by atoms with E-state index in [1.54, 1.807) is 41.6 Å². The number of hydrogen-bond donors (Lipinski definition) is 2. The highest BCUT2D eigenvalue weighted by atomic mass is 79.9. The van der Waals surface area contributed by atoms with E-state index in [2.05, 4.69) is 123 Å². The fourth-order valence-electron chi connectivity index (χ4n) is 9.05. The van der Waals surface area contributed by atoms with Crippen molar-refractivity contribution in [2.24, 2.45) is 4.99 Å². The largest absolute Gasteiger partial charge is 0.433 e. The van der Waals surface area contributed by atoms with Gasteiger partial charge in [0.2, 0.25) is 29.1 Å². The molecule has 12 aromatic rings. The van der Waals surface area contributed by atoms with E-state index in [1.807, 2.05) is 80.6 Å². The van der Waals surface area contributed by atoms with Crippen LogP contribution in [0.3, 0.4) is 0 Å². The molecule has 16 rings (SSSR count). The Morgan fingerprint density at radius 1 is 0.494 bits per heavy atom. The number of ketones is 1. The molecule has 0 saturated heterocycles. The van der Waals surface area contributed by atoms with E-state index in [0.29, 0.717) is 46.6 Å². The average Bonchev–Trinajstić information content (AvgIpc) is 3.27. The summed E-state index contributed by atoms with van der Waals surface area (Å²) in [5.74, 6) is 5.11. The fraction of sp³-hybridized carbons (Fsp3) is 0.230. The number of nitrogen functional groups attached to an aromatic ring is 2. The quantitative estimate of drug-likeness (QED) is 0.0956. The molecule has 4 saturated carbocycles. The van der Waals surface area contributed by atoms with Gasteiger partial charge in [0.05, 0.1) is 61.2 Å². The van der Waals surface area contributed by atoms with Gasteiger partial charge in [-0.25, -0.2) is 59.8 Å². The molecule has 0 unspecified atom stereocenters. The average molecular weight is 1270 g/mol. The number of benzene rings is 2. The van der Waals surface area contributed by atoms with E-state index in [4.69, 9.17) is 16.5 Å². The van der Waals surface area contributed by atoms with Gasteiger partial charge in [0, 0.05) is 116 Å². The van der Waals surface area contributed by atoms with Gasteiger partial charge < -0.3 is 11.5 Å². The monoisotopic (exact) mass is 1270 g/mol. The number of aliphatic imine (C=N–C) groups is 1. The number of imidazole rings is 4. The van der Waals surface area contributed by atoms with Crippen LogP contribution in [0.25, 0.3) is 23.1 Å². The van der Waals surface area contributed by atoms with E-state index in [-0.39, 0.29) is 12.1 Å². The minimum Gasteiger partial charge on any atom is -0.396 e. The molecule has 0 aliphatic heterocycles. The third-order valence-corrected chi connectivity index (χ3v) is 14.8. The molecule has 19 nitrogen and oxygen atoms in total. The molecule has 85 heavy (non-hydrogen) atoms. The summed E-state index contributed by atoms with van der Waals surface area (Å²) in [7, 11) is 0. The van der Waals surface area contributed by atoms with Crippen molar-refractivity contribution in [1.82, 2.24) is 72.4 Å². The van der Waals surface area contributed by atoms with Gasteiger partial charge in [-0.15, -0.1) is 0 Å². The lowest BCUT2D eigenvalue weighted by Crippen LogP contribution is -2.13. The third kappa shape index (κ3) is 14.6. The maximum absolute atomic E-state index is 12.7. The summed E-state index contributed by atoms with van der Waals surface area (Å²) in [6.07, 6.45) is 30.7. The maximum atomic E-state index is 12.7. The predicted molar refractivity (Wildman–Crippen MR) is 322 cm³/mol. The number of nitrogens with zero attached hydrogens (tertiary/aromatic N) is 16. The van der Waals surface area contributed by atoms with Crippen molar-refractivity contribution in [3.63, 3.8) is 0 Å². The summed E-state index contributed by atoms with van der Waals surface area (Å²) in [5, 5.41) is 0. The number of anilines is 2. The van der Waals surface area contributed by atoms with Gasteiger partial charge in [0.15, 0.2) is 5.78 Å². The van der Waals surface area contributed by atoms with E-state index >= 15 is 0 Å². The number of halogens is 5. The first-order chi connectivity index (χ1) is 41.2. The van der Waals surface area contributed by atoms with Crippen LogP contribution < -0.4 is 11.5 Å². The number of alkyl halides is 3. The van der Waals surface area contributed by atoms with Gasteiger partial charge in [0.25, 0.3) is 0 Å². The first kappa shape index (κ1) is 56.3. The van der Waals surface area contributed by atoms with Crippen molar-refractivity contribution in [3.8, 4) is 0 Å². The number of Topliss-reactive ketones (excluding diaryl/α,β-unsaturated/α-hetero) is 1. The van der Waals surface area contributed by atoms with E-state index < -0.39 is 17.7 Å². The lowest BCUT2D eigenvalue weighted by molar-refractivity contribution is -0.141. The standard InChI is InChI=1S/C22H18N4.C17H13F3N4O.C9H8BrN3.C9H10N4.C4H4BrN3/c1-3-7-17(8-4-1)21(18-9-5-2-6-10-18)24-19-13-23-22-25-20(16-11-12-16)15-26(22)14-19;18-17(19,20)15-3-1-2-12(22-15)14(25)6-10-7-21-16-23-13(11-4-5-11)9-24(16)8-10;2*10-7-3-11-9-12-8(6-1-2-6)5-13(9)4-7;5-3-1-7-4(6)8-2-3/h1-10,13-16H,11-12H2;1-3,7-9,11H,4-6H2;3-6H,1-2H2;3-6H,1-2,10H2;1-2H,(H2,6,7,8). The van der Waals surface area contributed by atoms with Gasteiger partial charge in [-0.2, -0.15) is 13.2 Å². The SMILES string of the molecule is Brc1cnc2nc(C3CC3)cn2c1.Nc1cnc2nc(C3CC3)cn2c1.Nc1ncc(Br)cn1.O=C(Cc1cnc2nc(C3CC3)cn2c1)c1cccc(C(F)(F)F)n1.c1ccc(C(=Nc2cnc3nc(C4CC4)cn3c2)c2ccccc2)cc1. The van der Waals surface area contributed by atoms with Crippen LogP contribution in [0.4, 0.5) is 30.5 Å². The minimum atomic E-state index is -4.58. The smallest absolute Gasteiger partial charge is 0.396 e. The van der Waals surface area contributed by atoms with Crippen molar-refractivity contribution in [2.75, 3.05) is 11.5 Å². The highest BCUT2D eigenvalue weighted by molar-refractivity contribution is 9.10. The zero-order chi connectivity index (χ0) is 58.6. The first-order valence-electron chi connectivity index (χ1n) is 27.5. The molecule has 0 atom stereocenters. The number of hydrogen-bond acceptors (Lipinski definition) is 15. The molecule has 4 fully saturated rings. The Balaban J connectivity index is 0.000000110. The van der Waals surface area contributed by atoms with Gasteiger partial charge in [0.1, 0.15) is 11.4 Å². The Morgan fingerprint density at radius 3 is 1.44 bits per heavy atom. The van der Waals surface area contributed by atoms with Crippen LogP contribution in [0.2, 0.25) is 0 Å². The Labute approximate surface area is 501 Å². The van der Waals surface area contributed by atoms with Crippen LogP contribution in [0, 0.1) is 0 Å². The van der Waals surface area contributed by atoms with Gasteiger partial charge in [-0.05, 0) is 101 Å². The Kier molecular flexibility index (Phi) is 16.3. The molecule has 0 radical (unpaired) electrons. The summed E-state index contributed by atoms with van der Waals surface area (Å²) in [4.78, 5) is 63.0. The lowest BCUT2D eigenvalue weighted by atomic mass is 10.0. The van der Waals surface area contributed by atoms with Gasteiger partial charge in [-0.3, -0.25) is 22.4 Å². The fourth-order valence-corrected chi connectivity index (χ4v) is 9.58. The second kappa shape index (κ2) is 24.6. The summed E-state index contributed by atoms with van der Waals surface area (Å²) in [6.45, 7) is 0. The van der Waals surface area contributed by atoms with Crippen LogP contribution >= 0.6 is 31.9 Å². The highest BCUT2D eigenvalue weighted by Gasteiger charge is 2.33. The zero-order valence-electron chi connectivity index (χ0n) is 45.4. The first-order valence-corrected chi connectivity index (χ1v) is 29.1. The Morgan fingerprint density at radius 2 is 0.941 bits per heavy atom. The minimum absolute atomic E-state index is 0.0752. The molecule has 428 valence electrons. The highest BCUT2D eigenvalue weighted by Crippen LogP contribution is 2.41. The number of aromatic nitrogens is 15. The topological polar surface area (TPSA) is 241 Å². The van der Waals surface area contributed by atoms with Crippen LogP contribution in [0.15, 0.2) is 180 Å².